The van der Waals surface area contributed by atoms with Gasteiger partial charge in [-0.15, -0.1) is 11.8 Å². The Morgan fingerprint density at radius 2 is 1.94 bits per heavy atom. The third-order valence-electron chi connectivity index (χ3n) is 6.39. The monoisotopic (exact) mass is 512 g/mol. The van der Waals surface area contributed by atoms with Gasteiger partial charge in [0.15, 0.2) is 0 Å². The lowest BCUT2D eigenvalue weighted by Crippen LogP contribution is -2.71. The largest absolute Gasteiger partial charge is 0.459 e. The molecule has 3 amide bonds. The Labute approximate surface area is 215 Å². The van der Waals surface area contributed by atoms with Crippen LogP contribution >= 0.6 is 11.8 Å². The molecule has 3 aliphatic rings. The van der Waals surface area contributed by atoms with Crippen molar-refractivity contribution in [2.45, 2.75) is 61.9 Å². The number of β-lactam (4-membered cyclic amide) rings is 1. The number of fused-ring (bicyclic) bond motifs is 1. The molecular formula is C26H32N4O5S. The predicted octanol–water partition coefficient (Wildman–Crippen LogP) is 1.56. The average Bonchev–Trinajstić information content (AvgIpc) is 3.09. The fourth-order valence-electron chi connectivity index (χ4n) is 4.63. The molecule has 2 saturated heterocycles. The molecule has 0 bridgehead atoms. The van der Waals surface area contributed by atoms with Crippen LogP contribution < -0.4 is 10.6 Å². The number of amides is 3. The Kier molecular flexibility index (Phi) is 7.44. The molecule has 3 aliphatic heterocycles. The number of allylic oxidation sites excluding steroid dienone is 1. The summed E-state index contributed by atoms with van der Waals surface area (Å²) < 4.78 is 5.04. The number of benzene rings is 1. The lowest BCUT2D eigenvalue weighted by atomic mass is 9.95. The van der Waals surface area contributed by atoms with Crippen LogP contribution in [-0.2, 0) is 30.3 Å². The van der Waals surface area contributed by atoms with Crippen LogP contribution in [0.3, 0.4) is 0 Å². The van der Waals surface area contributed by atoms with E-state index in [0.717, 1.165) is 5.56 Å². The summed E-state index contributed by atoms with van der Waals surface area (Å²) >= 11 is 1.48. The van der Waals surface area contributed by atoms with Crippen molar-refractivity contribution < 1.29 is 23.9 Å². The fraction of sp³-hybridized carbons (Fsp3) is 0.462. The maximum Gasteiger partial charge on any atom is 0.330 e. The first-order valence-corrected chi connectivity index (χ1v) is 12.9. The van der Waals surface area contributed by atoms with Crippen LogP contribution in [0.4, 0.5) is 0 Å². The SMILES string of the molecule is CC(CNC(=O)C1=CN(C)C=CC1)OC(=O)C1N2C(=O)[C@@H](NC(=O)Cc3ccccc3)[C@H]2SC1(C)C. The molecule has 10 heteroatoms. The lowest BCUT2D eigenvalue weighted by Gasteiger charge is -2.44. The number of ether oxygens (including phenoxy) is 1. The molecule has 36 heavy (non-hydrogen) atoms. The van der Waals surface area contributed by atoms with Gasteiger partial charge >= 0.3 is 5.97 Å². The fourth-order valence-corrected chi connectivity index (χ4v) is 6.25. The van der Waals surface area contributed by atoms with Crippen molar-refractivity contribution in [3.63, 3.8) is 0 Å². The van der Waals surface area contributed by atoms with E-state index in [-0.39, 0.29) is 36.1 Å². The molecule has 1 aromatic rings. The second-order valence-corrected chi connectivity index (χ2v) is 11.6. The van der Waals surface area contributed by atoms with Crippen LogP contribution in [0.25, 0.3) is 0 Å². The summed E-state index contributed by atoms with van der Waals surface area (Å²) in [6, 6.07) is 7.87. The topological polar surface area (TPSA) is 108 Å². The highest BCUT2D eigenvalue weighted by molar-refractivity contribution is 8.01. The minimum absolute atomic E-state index is 0.158. The van der Waals surface area contributed by atoms with Crippen molar-refractivity contribution >= 4 is 35.5 Å². The number of carbonyl (C=O) groups is 4. The summed E-state index contributed by atoms with van der Waals surface area (Å²) in [5.74, 6) is -1.25. The van der Waals surface area contributed by atoms with E-state index < -0.39 is 28.9 Å². The zero-order chi connectivity index (χ0) is 26.0. The van der Waals surface area contributed by atoms with Crippen molar-refractivity contribution in [1.29, 1.82) is 0 Å². The molecular weight excluding hydrogens is 480 g/mol. The van der Waals surface area contributed by atoms with Gasteiger partial charge in [-0.3, -0.25) is 14.4 Å². The van der Waals surface area contributed by atoms with Crippen molar-refractivity contribution in [2.75, 3.05) is 13.6 Å². The molecule has 9 nitrogen and oxygen atoms in total. The Hall–Kier alpha value is -3.27. The van der Waals surface area contributed by atoms with Gasteiger partial charge in [0.05, 0.1) is 13.0 Å². The summed E-state index contributed by atoms with van der Waals surface area (Å²) in [6.07, 6.45) is 5.69. The van der Waals surface area contributed by atoms with Gasteiger partial charge in [-0.2, -0.15) is 0 Å². The minimum Gasteiger partial charge on any atom is -0.459 e. The first kappa shape index (κ1) is 25.8. The van der Waals surface area contributed by atoms with Gasteiger partial charge in [-0.1, -0.05) is 36.4 Å². The number of hydrogen-bond donors (Lipinski definition) is 2. The van der Waals surface area contributed by atoms with Crippen molar-refractivity contribution in [2.24, 2.45) is 0 Å². The molecule has 0 radical (unpaired) electrons. The van der Waals surface area contributed by atoms with E-state index in [1.54, 1.807) is 18.0 Å². The second-order valence-electron chi connectivity index (χ2n) is 9.83. The third kappa shape index (κ3) is 5.43. The number of nitrogens with one attached hydrogen (secondary N) is 2. The Balaban J connectivity index is 1.30. The molecule has 0 aliphatic carbocycles. The van der Waals surface area contributed by atoms with E-state index in [2.05, 4.69) is 10.6 Å². The van der Waals surface area contributed by atoms with E-state index in [1.807, 2.05) is 63.5 Å². The molecule has 2 N–H and O–H groups in total. The van der Waals surface area contributed by atoms with Gasteiger partial charge in [-0.25, -0.2) is 4.79 Å². The Morgan fingerprint density at radius 3 is 2.64 bits per heavy atom. The van der Waals surface area contributed by atoms with Crippen LogP contribution in [-0.4, -0.2) is 75.4 Å². The summed E-state index contributed by atoms with van der Waals surface area (Å²) in [5.41, 5.74) is 1.49. The molecule has 3 heterocycles. The van der Waals surface area contributed by atoms with E-state index in [9.17, 15) is 19.2 Å². The van der Waals surface area contributed by atoms with Gasteiger partial charge in [0.2, 0.25) is 17.7 Å². The smallest absolute Gasteiger partial charge is 0.330 e. The molecule has 2 unspecified atom stereocenters. The quantitative estimate of drug-likeness (QED) is 0.402. The third-order valence-corrected chi connectivity index (χ3v) is 7.96. The molecule has 0 aromatic heterocycles. The molecule has 0 spiro atoms. The molecule has 192 valence electrons. The molecule has 0 saturated carbocycles. The normalized spacial score (nSPS) is 24.8. The number of hydrogen-bond acceptors (Lipinski definition) is 7. The maximum atomic E-state index is 13.1. The van der Waals surface area contributed by atoms with Crippen LogP contribution in [0.15, 0.2) is 54.4 Å². The molecule has 4 atom stereocenters. The van der Waals surface area contributed by atoms with Gasteiger partial charge in [-0.05, 0) is 39.0 Å². The van der Waals surface area contributed by atoms with Crippen molar-refractivity contribution in [3.8, 4) is 0 Å². The maximum absolute atomic E-state index is 13.1. The number of thioether (sulfide) groups is 1. The Morgan fingerprint density at radius 1 is 1.22 bits per heavy atom. The van der Waals surface area contributed by atoms with Gasteiger partial charge < -0.3 is 25.2 Å². The summed E-state index contributed by atoms with van der Waals surface area (Å²) in [7, 11) is 1.85. The predicted molar refractivity (Wildman–Crippen MR) is 136 cm³/mol. The summed E-state index contributed by atoms with van der Waals surface area (Å²) in [4.78, 5) is 54.3. The van der Waals surface area contributed by atoms with E-state index in [1.165, 1.54) is 16.7 Å². The van der Waals surface area contributed by atoms with E-state index in [4.69, 9.17) is 4.74 Å². The van der Waals surface area contributed by atoms with Gasteiger partial charge in [0, 0.05) is 23.6 Å². The number of carbonyl (C=O) groups excluding carboxylic acids is 4. The number of esters is 1. The highest BCUT2D eigenvalue weighted by Gasteiger charge is 2.64. The second kappa shape index (κ2) is 10.4. The molecule has 4 rings (SSSR count). The van der Waals surface area contributed by atoms with Crippen LogP contribution in [0, 0.1) is 0 Å². The molecule has 1 aromatic carbocycles. The minimum atomic E-state index is -0.778. The molecule has 2 fully saturated rings. The summed E-state index contributed by atoms with van der Waals surface area (Å²) in [5, 5.41) is 5.30. The van der Waals surface area contributed by atoms with Crippen molar-refractivity contribution in [1.82, 2.24) is 20.4 Å². The van der Waals surface area contributed by atoms with Crippen LogP contribution in [0.1, 0.15) is 32.8 Å². The lowest BCUT2D eigenvalue weighted by molar-refractivity contribution is -0.167. The first-order valence-electron chi connectivity index (χ1n) is 12.0. The zero-order valence-corrected chi connectivity index (χ0v) is 21.7. The Bertz CT molecular complexity index is 1100. The van der Waals surface area contributed by atoms with Crippen LogP contribution in [0.2, 0.25) is 0 Å². The highest BCUT2D eigenvalue weighted by Crippen LogP contribution is 2.51. The number of rotatable bonds is 8. The first-order chi connectivity index (χ1) is 17.1. The van der Waals surface area contributed by atoms with E-state index in [0.29, 0.717) is 12.0 Å². The summed E-state index contributed by atoms with van der Waals surface area (Å²) in [6.45, 7) is 5.65. The highest BCUT2D eigenvalue weighted by atomic mass is 32.2. The van der Waals surface area contributed by atoms with Gasteiger partial charge in [0.1, 0.15) is 23.6 Å². The number of nitrogens with zero attached hydrogens (tertiary/aromatic N) is 2. The average molecular weight is 513 g/mol. The standard InChI is InChI=1S/C26H32N4O5S/c1-16(14-27-22(32)18-11-8-12-29(4)15-18)35-25(34)21-26(2,3)36-24-20(23(33)30(21)24)28-19(31)13-17-9-6-5-7-10-17/h5-10,12,15-16,20-21,24H,11,13-14H2,1-4H3,(H,27,32)(H,28,31)/t16?,20-,21?,24-/m1/s1. The van der Waals surface area contributed by atoms with Crippen molar-refractivity contribution in [3.05, 3.63) is 59.9 Å². The van der Waals surface area contributed by atoms with Gasteiger partial charge in [0.25, 0.3) is 0 Å². The zero-order valence-electron chi connectivity index (χ0n) is 20.9. The van der Waals surface area contributed by atoms with Crippen LogP contribution in [0.5, 0.6) is 0 Å². The van der Waals surface area contributed by atoms with E-state index >= 15 is 0 Å².